The van der Waals surface area contributed by atoms with Crippen molar-refractivity contribution in [2.45, 2.75) is 38.0 Å². The number of benzene rings is 2. The van der Waals surface area contributed by atoms with Crippen molar-refractivity contribution in [1.29, 1.82) is 0 Å². The zero-order valence-corrected chi connectivity index (χ0v) is 18.4. The number of halogens is 1. The number of rotatable bonds is 7. The normalized spacial score (nSPS) is 16.7. The third kappa shape index (κ3) is 5.94. The highest BCUT2D eigenvalue weighted by molar-refractivity contribution is 14.1. The molecular formula is C22H23IN2O5. The van der Waals surface area contributed by atoms with E-state index in [9.17, 15) is 19.5 Å². The van der Waals surface area contributed by atoms with Crippen LogP contribution in [0.1, 0.15) is 24.0 Å². The van der Waals surface area contributed by atoms with Crippen LogP contribution in [0.4, 0.5) is 4.79 Å². The van der Waals surface area contributed by atoms with Gasteiger partial charge in [0.2, 0.25) is 5.91 Å². The average Bonchev–Trinajstić information content (AvgIpc) is 3.24. The van der Waals surface area contributed by atoms with Gasteiger partial charge in [-0.3, -0.25) is 9.69 Å². The predicted octanol–water partition coefficient (Wildman–Crippen LogP) is 3.20. The van der Waals surface area contributed by atoms with Crippen molar-refractivity contribution in [2.24, 2.45) is 0 Å². The molecule has 1 fully saturated rings. The number of carboxylic acids is 1. The number of ether oxygens (including phenoxy) is 1. The van der Waals surface area contributed by atoms with Crippen molar-refractivity contribution in [3.63, 3.8) is 0 Å². The summed E-state index contributed by atoms with van der Waals surface area (Å²) in [6.07, 6.45) is 0.736. The molecule has 2 amide bonds. The van der Waals surface area contributed by atoms with E-state index >= 15 is 0 Å². The molecule has 1 heterocycles. The van der Waals surface area contributed by atoms with Gasteiger partial charge in [0.05, 0.1) is 0 Å². The van der Waals surface area contributed by atoms with Crippen molar-refractivity contribution < 1.29 is 24.2 Å². The smallest absolute Gasteiger partial charge is 0.410 e. The van der Waals surface area contributed by atoms with Crippen molar-refractivity contribution in [3.05, 3.63) is 69.3 Å². The molecule has 0 aliphatic carbocycles. The summed E-state index contributed by atoms with van der Waals surface area (Å²) in [7, 11) is 0. The fourth-order valence-electron chi connectivity index (χ4n) is 3.38. The molecule has 1 aliphatic heterocycles. The van der Waals surface area contributed by atoms with E-state index in [1.54, 1.807) is 0 Å². The van der Waals surface area contributed by atoms with Gasteiger partial charge in [0.25, 0.3) is 0 Å². The Balaban J connectivity index is 1.59. The number of aliphatic carboxylic acids is 1. The summed E-state index contributed by atoms with van der Waals surface area (Å²) >= 11 is 2.17. The molecule has 2 atom stereocenters. The van der Waals surface area contributed by atoms with Crippen LogP contribution in [0.15, 0.2) is 54.6 Å². The van der Waals surface area contributed by atoms with Crippen molar-refractivity contribution in [3.8, 4) is 0 Å². The number of carbonyl (C=O) groups excluding carboxylic acids is 2. The molecule has 0 aromatic heterocycles. The summed E-state index contributed by atoms with van der Waals surface area (Å²) < 4.78 is 6.39. The number of hydrogen-bond acceptors (Lipinski definition) is 4. The molecule has 158 valence electrons. The molecule has 0 saturated carbocycles. The van der Waals surface area contributed by atoms with Gasteiger partial charge in [0.1, 0.15) is 18.7 Å². The first kappa shape index (κ1) is 22.1. The molecule has 0 radical (unpaired) electrons. The Kier molecular flexibility index (Phi) is 7.67. The summed E-state index contributed by atoms with van der Waals surface area (Å²) in [6.45, 7) is 0.523. The lowest BCUT2D eigenvalue weighted by molar-refractivity contribution is -0.142. The fraction of sp³-hybridized carbons (Fsp3) is 0.318. The van der Waals surface area contributed by atoms with Crippen LogP contribution in [0.3, 0.4) is 0 Å². The minimum absolute atomic E-state index is 0.120. The van der Waals surface area contributed by atoms with E-state index in [4.69, 9.17) is 4.74 Å². The van der Waals surface area contributed by atoms with E-state index in [2.05, 4.69) is 27.9 Å². The van der Waals surface area contributed by atoms with Gasteiger partial charge >= 0.3 is 12.1 Å². The number of nitrogens with zero attached hydrogens (tertiary/aromatic N) is 1. The van der Waals surface area contributed by atoms with E-state index in [-0.39, 0.29) is 13.0 Å². The van der Waals surface area contributed by atoms with Gasteiger partial charge in [0.15, 0.2) is 0 Å². The number of carbonyl (C=O) groups is 3. The van der Waals surface area contributed by atoms with Gasteiger partial charge in [-0.2, -0.15) is 0 Å². The highest BCUT2D eigenvalue weighted by Crippen LogP contribution is 2.20. The number of amides is 2. The molecule has 3 rings (SSSR count). The zero-order valence-electron chi connectivity index (χ0n) is 16.3. The monoisotopic (exact) mass is 522 g/mol. The highest BCUT2D eigenvalue weighted by Gasteiger charge is 2.36. The van der Waals surface area contributed by atoms with Gasteiger partial charge in [0, 0.05) is 16.5 Å². The molecule has 30 heavy (non-hydrogen) atoms. The number of likely N-dealkylation sites (tertiary alicyclic amines) is 1. The topological polar surface area (TPSA) is 95.9 Å². The highest BCUT2D eigenvalue weighted by atomic mass is 127. The van der Waals surface area contributed by atoms with Crippen LogP contribution in [-0.4, -0.2) is 46.6 Å². The van der Waals surface area contributed by atoms with Crippen LogP contribution in [0, 0.1) is 3.57 Å². The predicted molar refractivity (Wildman–Crippen MR) is 119 cm³/mol. The van der Waals surface area contributed by atoms with Crippen molar-refractivity contribution >= 4 is 40.6 Å². The molecule has 2 aromatic rings. The van der Waals surface area contributed by atoms with Crippen molar-refractivity contribution in [1.82, 2.24) is 10.2 Å². The lowest BCUT2D eigenvalue weighted by Crippen LogP contribution is -2.51. The summed E-state index contributed by atoms with van der Waals surface area (Å²) in [5.41, 5.74) is 1.67. The van der Waals surface area contributed by atoms with Gasteiger partial charge in [-0.1, -0.05) is 42.5 Å². The summed E-state index contributed by atoms with van der Waals surface area (Å²) in [5, 5.41) is 12.1. The maximum atomic E-state index is 12.8. The molecule has 0 unspecified atom stereocenters. The van der Waals surface area contributed by atoms with Crippen LogP contribution >= 0.6 is 22.6 Å². The molecule has 2 N–H and O–H groups in total. The van der Waals surface area contributed by atoms with E-state index in [1.807, 2.05) is 54.6 Å². The third-order valence-electron chi connectivity index (χ3n) is 4.96. The molecule has 1 aliphatic rings. The second kappa shape index (κ2) is 10.4. The Hall–Kier alpha value is -2.62. The number of hydrogen-bond donors (Lipinski definition) is 2. The largest absolute Gasteiger partial charge is 0.480 e. The average molecular weight is 522 g/mol. The summed E-state index contributed by atoms with van der Waals surface area (Å²) in [5.74, 6) is -1.58. The standard InChI is InChI=1S/C22H23IN2O5/c23-17-10-8-15(9-11-17)13-18(21(27)28)24-20(26)19-7-4-12-25(19)22(29)30-14-16-5-2-1-3-6-16/h1-3,5-6,8-11,18-19H,4,7,12-14H2,(H,24,26)(H,27,28)/t18-,19+/m0/s1. The summed E-state index contributed by atoms with van der Waals surface area (Å²) in [6, 6.07) is 14.9. The van der Waals surface area contributed by atoms with Crippen LogP contribution in [0.25, 0.3) is 0 Å². The number of nitrogens with one attached hydrogen (secondary N) is 1. The second-order valence-corrected chi connectivity index (χ2v) is 8.37. The lowest BCUT2D eigenvalue weighted by atomic mass is 10.1. The second-order valence-electron chi connectivity index (χ2n) is 7.12. The Morgan fingerprint density at radius 2 is 1.80 bits per heavy atom. The molecule has 7 nitrogen and oxygen atoms in total. The number of carboxylic acid groups (broad SMARTS) is 1. The third-order valence-corrected chi connectivity index (χ3v) is 5.68. The minimum Gasteiger partial charge on any atom is -0.480 e. The molecular weight excluding hydrogens is 499 g/mol. The maximum Gasteiger partial charge on any atom is 0.410 e. The minimum atomic E-state index is -1.11. The maximum absolute atomic E-state index is 12.8. The Morgan fingerprint density at radius 1 is 1.10 bits per heavy atom. The molecule has 0 spiro atoms. The van der Waals surface area contributed by atoms with E-state index < -0.39 is 30.1 Å². The molecule has 0 bridgehead atoms. The Bertz CT molecular complexity index is 888. The van der Waals surface area contributed by atoms with E-state index in [1.165, 1.54) is 4.90 Å². The quantitative estimate of drug-likeness (QED) is 0.545. The van der Waals surface area contributed by atoms with E-state index in [0.29, 0.717) is 19.4 Å². The van der Waals surface area contributed by atoms with Crippen LogP contribution in [0.2, 0.25) is 0 Å². The van der Waals surface area contributed by atoms with Crippen LogP contribution in [-0.2, 0) is 27.4 Å². The van der Waals surface area contributed by atoms with Gasteiger partial charge in [-0.15, -0.1) is 0 Å². The van der Waals surface area contributed by atoms with Gasteiger partial charge in [-0.05, 0) is 58.7 Å². The van der Waals surface area contributed by atoms with Crippen LogP contribution < -0.4 is 5.32 Å². The Morgan fingerprint density at radius 3 is 2.47 bits per heavy atom. The van der Waals surface area contributed by atoms with Crippen molar-refractivity contribution in [2.75, 3.05) is 6.54 Å². The van der Waals surface area contributed by atoms with E-state index in [0.717, 1.165) is 14.7 Å². The lowest BCUT2D eigenvalue weighted by Gasteiger charge is -2.25. The summed E-state index contributed by atoms with van der Waals surface area (Å²) in [4.78, 5) is 38.3. The molecule has 1 saturated heterocycles. The Labute approximate surface area is 188 Å². The SMILES string of the molecule is O=C(O)[C@H](Cc1ccc(I)cc1)NC(=O)[C@H]1CCCN1C(=O)OCc1ccccc1. The van der Waals surface area contributed by atoms with Gasteiger partial charge in [-0.25, -0.2) is 9.59 Å². The van der Waals surface area contributed by atoms with Gasteiger partial charge < -0.3 is 15.2 Å². The molecule has 2 aromatic carbocycles. The first-order valence-electron chi connectivity index (χ1n) is 9.69. The van der Waals surface area contributed by atoms with Crippen LogP contribution in [0.5, 0.6) is 0 Å². The zero-order chi connectivity index (χ0) is 21.5. The first-order valence-corrected chi connectivity index (χ1v) is 10.8. The first-order chi connectivity index (χ1) is 14.4. The molecule has 8 heteroatoms. The fourth-order valence-corrected chi connectivity index (χ4v) is 3.74.